The molecule has 0 unspecified atom stereocenters. The van der Waals surface area contributed by atoms with Crippen molar-refractivity contribution in [2.24, 2.45) is 5.14 Å². The number of nitrogens with zero attached hydrogens (tertiary/aromatic N) is 3. The lowest BCUT2D eigenvalue weighted by Crippen LogP contribution is -2.25. The minimum absolute atomic E-state index is 0.0186. The molecule has 150 valence electrons. The van der Waals surface area contributed by atoms with Crippen LogP contribution in [0.15, 0.2) is 70.8 Å². The third-order valence-electron chi connectivity index (χ3n) is 3.97. The van der Waals surface area contributed by atoms with Crippen molar-refractivity contribution < 1.29 is 13.2 Å². The van der Waals surface area contributed by atoms with E-state index in [0.717, 1.165) is 5.56 Å². The van der Waals surface area contributed by atoms with Gasteiger partial charge in [-0.15, -0.1) is 10.2 Å². The lowest BCUT2D eigenvalue weighted by Gasteiger charge is -2.14. The summed E-state index contributed by atoms with van der Waals surface area (Å²) in [5.74, 6) is -0.239. The Bertz CT molecular complexity index is 1070. The molecule has 0 saturated carbocycles. The van der Waals surface area contributed by atoms with Gasteiger partial charge in [-0.25, -0.2) is 18.5 Å². The van der Waals surface area contributed by atoms with Crippen LogP contribution < -0.4 is 10.5 Å². The van der Waals surface area contributed by atoms with E-state index in [9.17, 15) is 13.2 Å². The Morgan fingerprint density at radius 3 is 2.34 bits per heavy atom. The molecule has 1 amide bonds. The monoisotopic (exact) mass is 429 g/mol. The van der Waals surface area contributed by atoms with Gasteiger partial charge in [-0.1, -0.05) is 49.0 Å². The summed E-state index contributed by atoms with van der Waals surface area (Å²) in [5.41, 5.74) is 2.04. The van der Waals surface area contributed by atoms with Crippen LogP contribution in [0.5, 0.6) is 0 Å². The largest absolute Gasteiger partial charge is 0.325 e. The van der Waals surface area contributed by atoms with E-state index in [1.165, 1.54) is 36.0 Å². The predicted octanol–water partition coefficient (Wildman–Crippen LogP) is 2.70. The summed E-state index contributed by atoms with van der Waals surface area (Å²) in [5, 5.41) is 16.1. The molecule has 0 saturated heterocycles. The number of amides is 1. The van der Waals surface area contributed by atoms with Crippen molar-refractivity contribution in [1.82, 2.24) is 15.2 Å². The van der Waals surface area contributed by atoms with Crippen LogP contribution in [0.3, 0.4) is 0 Å². The smallest absolute Gasteiger partial charge is 0.238 e. The summed E-state index contributed by atoms with van der Waals surface area (Å²) in [4.78, 5) is 16.8. The summed E-state index contributed by atoms with van der Waals surface area (Å²) in [6.45, 7) is 1.88. The number of carbonyl (C=O) groups excluding carboxylic acids is 1. The molecule has 0 spiro atoms. The van der Waals surface area contributed by atoms with Gasteiger partial charge in [0.05, 0.1) is 16.3 Å². The molecule has 3 rings (SSSR count). The summed E-state index contributed by atoms with van der Waals surface area (Å²) in [6, 6.07) is 15.2. The van der Waals surface area contributed by atoms with E-state index >= 15 is 0 Å². The second-order valence-electron chi connectivity index (χ2n) is 6.07. The van der Waals surface area contributed by atoms with E-state index in [2.05, 4.69) is 20.5 Å². The van der Waals surface area contributed by atoms with Gasteiger partial charge in [0.15, 0.2) is 0 Å². The van der Waals surface area contributed by atoms with Crippen molar-refractivity contribution in [3.63, 3.8) is 0 Å². The Morgan fingerprint density at radius 2 is 1.79 bits per heavy atom. The Hall–Kier alpha value is -2.82. The minimum atomic E-state index is -3.77. The molecule has 0 aliphatic carbocycles. The highest BCUT2D eigenvalue weighted by atomic mass is 32.2. The van der Waals surface area contributed by atoms with Crippen LogP contribution in [0, 0.1) is 0 Å². The van der Waals surface area contributed by atoms with Crippen LogP contribution in [0.2, 0.25) is 0 Å². The molecule has 3 aromatic rings. The number of thioether (sulfide) groups is 1. The summed E-state index contributed by atoms with van der Waals surface area (Å²) in [6.07, 6.45) is 2.18. The first-order valence-electron chi connectivity index (χ1n) is 8.72. The first-order chi connectivity index (χ1) is 13.9. The van der Waals surface area contributed by atoms with Crippen LogP contribution in [0.25, 0.3) is 11.3 Å². The van der Waals surface area contributed by atoms with E-state index in [0.29, 0.717) is 23.0 Å². The maximum absolute atomic E-state index is 12.6. The number of aromatic nitrogens is 3. The molecule has 0 fully saturated rings. The van der Waals surface area contributed by atoms with Gasteiger partial charge in [-0.05, 0) is 30.7 Å². The first-order valence-corrected chi connectivity index (χ1v) is 11.1. The molecular weight excluding hydrogens is 410 g/mol. The Morgan fingerprint density at radius 1 is 1.10 bits per heavy atom. The second-order valence-corrected chi connectivity index (χ2v) is 8.80. The molecule has 2 aromatic carbocycles. The van der Waals surface area contributed by atoms with E-state index in [1.54, 1.807) is 6.20 Å². The fraction of sp³-hybridized carbons (Fsp3) is 0.158. The molecule has 0 bridgehead atoms. The fourth-order valence-electron chi connectivity index (χ4n) is 2.46. The third kappa shape index (κ3) is 5.59. The van der Waals surface area contributed by atoms with Crippen molar-refractivity contribution in [3.8, 4) is 11.3 Å². The van der Waals surface area contributed by atoms with Gasteiger partial charge in [0, 0.05) is 11.3 Å². The quantitative estimate of drug-likeness (QED) is 0.553. The van der Waals surface area contributed by atoms with Gasteiger partial charge in [-0.2, -0.15) is 0 Å². The maximum atomic E-state index is 12.6. The molecule has 29 heavy (non-hydrogen) atoms. The van der Waals surface area contributed by atoms with Gasteiger partial charge >= 0.3 is 0 Å². The van der Waals surface area contributed by atoms with Gasteiger partial charge < -0.3 is 5.32 Å². The highest BCUT2D eigenvalue weighted by molar-refractivity contribution is 8.00. The Labute approximate surface area is 173 Å². The second kappa shape index (κ2) is 9.12. The molecule has 1 atom stereocenters. The van der Waals surface area contributed by atoms with Gasteiger partial charge in [-0.3, -0.25) is 4.79 Å². The highest BCUT2D eigenvalue weighted by Gasteiger charge is 2.20. The Kier molecular flexibility index (Phi) is 6.57. The molecule has 0 aliphatic heterocycles. The number of benzene rings is 2. The number of nitrogens with two attached hydrogens (primary N) is 1. The molecule has 0 radical (unpaired) electrons. The zero-order chi connectivity index (χ0) is 20.9. The molecule has 8 nitrogen and oxygen atoms in total. The van der Waals surface area contributed by atoms with Gasteiger partial charge in [0.2, 0.25) is 21.1 Å². The zero-order valence-electron chi connectivity index (χ0n) is 15.5. The average molecular weight is 430 g/mol. The number of nitrogens with one attached hydrogen (secondary N) is 1. The maximum Gasteiger partial charge on any atom is 0.238 e. The minimum Gasteiger partial charge on any atom is -0.325 e. The summed E-state index contributed by atoms with van der Waals surface area (Å²) >= 11 is 1.21. The van der Waals surface area contributed by atoms with Gasteiger partial charge in [0.25, 0.3) is 0 Å². The number of primary sulfonamides is 1. The lowest BCUT2D eigenvalue weighted by molar-refractivity contribution is -0.115. The SMILES string of the molecule is CC[C@@H](Sc1ncc(-c2ccccc2)nn1)C(=O)Nc1ccc(S(N)(=O)=O)cc1. The predicted molar refractivity (Wildman–Crippen MR) is 112 cm³/mol. The molecule has 3 N–H and O–H groups in total. The number of hydrogen-bond donors (Lipinski definition) is 2. The van der Waals surface area contributed by atoms with Crippen LogP contribution in [0.1, 0.15) is 13.3 Å². The number of carbonyl (C=O) groups is 1. The van der Waals surface area contributed by atoms with Crippen LogP contribution in [0.4, 0.5) is 5.69 Å². The summed E-state index contributed by atoms with van der Waals surface area (Å²) < 4.78 is 22.6. The van der Waals surface area contributed by atoms with E-state index in [4.69, 9.17) is 5.14 Å². The third-order valence-corrected chi connectivity index (χ3v) is 6.13. The van der Waals surface area contributed by atoms with Crippen LogP contribution in [-0.4, -0.2) is 34.8 Å². The van der Waals surface area contributed by atoms with Crippen LogP contribution in [-0.2, 0) is 14.8 Å². The highest BCUT2D eigenvalue weighted by Crippen LogP contribution is 2.24. The molecule has 0 aliphatic rings. The van der Waals surface area contributed by atoms with Crippen molar-refractivity contribution in [3.05, 3.63) is 60.8 Å². The number of rotatable bonds is 7. The van der Waals surface area contributed by atoms with Gasteiger partial charge in [0.1, 0.15) is 5.69 Å². The zero-order valence-corrected chi connectivity index (χ0v) is 17.2. The Balaban J connectivity index is 1.65. The molecule has 1 aromatic heterocycles. The molecule has 10 heteroatoms. The normalized spacial score (nSPS) is 12.3. The number of sulfonamides is 1. The first kappa shape index (κ1) is 20.9. The topological polar surface area (TPSA) is 128 Å². The van der Waals surface area contributed by atoms with Crippen molar-refractivity contribution in [2.45, 2.75) is 28.6 Å². The summed E-state index contributed by atoms with van der Waals surface area (Å²) in [7, 11) is -3.77. The fourth-order valence-corrected chi connectivity index (χ4v) is 3.76. The number of hydrogen-bond acceptors (Lipinski definition) is 7. The van der Waals surface area contributed by atoms with Crippen molar-refractivity contribution in [1.29, 1.82) is 0 Å². The van der Waals surface area contributed by atoms with Crippen molar-refractivity contribution >= 4 is 33.4 Å². The average Bonchev–Trinajstić information content (AvgIpc) is 2.73. The van der Waals surface area contributed by atoms with E-state index in [-0.39, 0.29) is 10.8 Å². The van der Waals surface area contributed by atoms with Crippen molar-refractivity contribution in [2.75, 3.05) is 5.32 Å². The number of anilines is 1. The lowest BCUT2D eigenvalue weighted by atomic mass is 10.2. The van der Waals surface area contributed by atoms with Crippen LogP contribution >= 0.6 is 11.8 Å². The van der Waals surface area contributed by atoms with E-state index in [1.807, 2.05) is 37.3 Å². The van der Waals surface area contributed by atoms with E-state index < -0.39 is 15.3 Å². The molecule has 1 heterocycles. The standard InChI is InChI=1S/C19H19N5O3S2/c1-2-17(18(25)22-14-8-10-15(11-9-14)29(20,26)27)28-19-21-12-16(23-24-19)13-6-4-3-5-7-13/h3-12,17H,2H2,1H3,(H,22,25)(H2,20,26,27)/t17-/m1/s1. The molecular formula is C19H19N5O3S2.